The highest BCUT2D eigenvalue weighted by molar-refractivity contribution is 5.33. The molecule has 6 heteroatoms. The van der Waals surface area contributed by atoms with Gasteiger partial charge in [0.05, 0.1) is 32.7 Å². The highest BCUT2D eigenvalue weighted by Crippen LogP contribution is 2.28. The number of nitrogens with zero attached hydrogens (tertiary/aromatic N) is 2. The van der Waals surface area contributed by atoms with Crippen molar-refractivity contribution in [1.82, 2.24) is 15.3 Å². The predicted octanol–water partition coefficient (Wildman–Crippen LogP) is 1.70. The lowest BCUT2D eigenvalue weighted by atomic mass is 10.1. The van der Waals surface area contributed by atoms with E-state index >= 15 is 0 Å². The van der Waals surface area contributed by atoms with Crippen LogP contribution in [0.2, 0.25) is 0 Å². The fraction of sp³-hybridized carbons (Fsp3) is 0.385. The average Bonchev–Trinajstić information content (AvgIpc) is 2.86. The molecule has 1 N–H and O–H groups in total. The van der Waals surface area contributed by atoms with E-state index in [4.69, 9.17) is 13.9 Å². The van der Waals surface area contributed by atoms with Gasteiger partial charge in [0.25, 0.3) is 0 Å². The Labute approximate surface area is 111 Å². The quantitative estimate of drug-likeness (QED) is 0.885. The molecule has 2 heterocycles. The third kappa shape index (κ3) is 2.68. The van der Waals surface area contributed by atoms with Gasteiger partial charge in [0.1, 0.15) is 11.5 Å². The summed E-state index contributed by atoms with van der Waals surface area (Å²) in [5.74, 6) is 1.69. The first-order valence-electron chi connectivity index (χ1n) is 5.86. The minimum atomic E-state index is -0.147. The number of rotatable bonds is 5. The molecule has 19 heavy (non-hydrogen) atoms. The van der Waals surface area contributed by atoms with Crippen LogP contribution in [0.25, 0.3) is 0 Å². The number of methoxy groups -OCH3 is 2. The second-order valence-electron chi connectivity index (χ2n) is 4.02. The van der Waals surface area contributed by atoms with Crippen LogP contribution in [-0.4, -0.2) is 31.2 Å². The summed E-state index contributed by atoms with van der Waals surface area (Å²) in [4.78, 5) is 8.59. The van der Waals surface area contributed by atoms with E-state index in [1.807, 2.05) is 20.0 Å². The van der Waals surface area contributed by atoms with E-state index in [0.29, 0.717) is 17.5 Å². The van der Waals surface area contributed by atoms with Crippen LogP contribution in [0.1, 0.15) is 23.1 Å². The van der Waals surface area contributed by atoms with Crippen molar-refractivity contribution in [3.63, 3.8) is 0 Å². The van der Waals surface area contributed by atoms with Crippen molar-refractivity contribution in [2.24, 2.45) is 0 Å². The minimum absolute atomic E-state index is 0.147. The van der Waals surface area contributed by atoms with Crippen molar-refractivity contribution >= 4 is 0 Å². The van der Waals surface area contributed by atoms with Crippen LogP contribution in [0.5, 0.6) is 11.8 Å². The summed E-state index contributed by atoms with van der Waals surface area (Å²) in [6.07, 6.45) is 3.26. The molecule has 0 aromatic carbocycles. The zero-order valence-corrected chi connectivity index (χ0v) is 11.4. The molecule has 1 unspecified atom stereocenters. The van der Waals surface area contributed by atoms with Crippen molar-refractivity contribution in [2.75, 3.05) is 21.3 Å². The summed E-state index contributed by atoms with van der Waals surface area (Å²) in [6, 6.07) is 1.80. The van der Waals surface area contributed by atoms with Gasteiger partial charge in [-0.05, 0) is 20.0 Å². The molecule has 6 nitrogen and oxygen atoms in total. The predicted molar refractivity (Wildman–Crippen MR) is 69.5 cm³/mol. The van der Waals surface area contributed by atoms with E-state index in [2.05, 4.69) is 15.3 Å². The summed E-state index contributed by atoms with van der Waals surface area (Å²) < 4.78 is 15.7. The molecule has 0 spiro atoms. The fourth-order valence-corrected chi connectivity index (χ4v) is 1.89. The smallest absolute Gasteiger partial charge is 0.240 e. The average molecular weight is 263 g/mol. The number of aryl methyl sites for hydroxylation is 1. The highest BCUT2D eigenvalue weighted by Gasteiger charge is 2.21. The lowest BCUT2D eigenvalue weighted by Crippen LogP contribution is -2.19. The molecule has 2 aromatic heterocycles. The van der Waals surface area contributed by atoms with Gasteiger partial charge in [0.2, 0.25) is 11.8 Å². The number of hydrogen-bond acceptors (Lipinski definition) is 6. The van der Waals surface area contributed by atoms with Crippen LogP contribution in [-0.2, 0) is 0 Å². The molecule has 1 atom stereocenters. The molecule has 2 rings (SSSR count). The number of nitrogens with one attached hydrogen (secondary N) is 1. The van der Waals surface area contributed by atoms with Gasteiger partial charge >= 0.3 is 0 Å². The van der Waals surface area contributed by atoms with E-state index < -0.39 is 0 Å². The second-order valence-corrected chi connectivity index (χ2v) is 4.02. The van der Waals surface area contributed by atoms with Crippen molar-refractivity contribution in [1.29, 1.82) is 0 Å². The molecule has 0 saturated carbocycles. The SMILES string of the molecule is CNC(c1coc(C)c1)c1ncc(OC)nc1OC. The van der Waals surface area contributed by atoms with Gasteiger partial charge < -0.3 is 19.2 Å². The molecule has 0 aliphatic rings. The number of ether oxygens (including phenoxy) is 2. The van der Waals surface area contributed by atoms with Crippen LogP contribution in [0.4, 0.5) is 0 Å². The van der Waals surface area contributed by atoms with Crippen molar-refractivity contribution < 1.29 is 13.9 Å². The number of furan rings is 1. The largest absolute Gasteiger partial charge is 0.480 e. The Morgan fingerprint density at radius 1 is 1.32 bits per heavy atom. The molecule has 0 radical (unpaired) electrons. The molecule has 2 aromatic rings. The lowest BCUT2D eigenvalue weighted by Gasteiger charge is -2.16. The minimum Gasteiger partial charge on any atom is -0.480 e. The van der Waals surface area contributed by atoms with Gasteiger partial charge in [0, 0.05) is 5.56 Å². The third-order valence-corrected chi connectivity index (χ3v) is 2.79. The molecule has 0 bridgehead atoms. The van der Waals surface area contributed by atoms with E-state index in [1.54, 1.807) is 19.6 Å². The third-order valence-electron chi connectivity index (χ3n) is 2.79. The van der Waals surface area contributed by atoms with Crippen LogP contribution in [0, 0.1) is 6.92 Å². The van der Waals surface area contributed by atoms with E-state index in [1.165, 1.54) is 7.11 Å². The van der Waals surface area contributed by atoms with Gasteiger partial charge in [0.15, 0.2) is 0 Å². The maximum atomic E-state index is 5.33. The van der Waals surface area contributed by atoms with Crippen LogP contribution in [0.15, 0.2) is 22.9 Å². The zero-order valence-electron chi connectivity index (χ0n) is 11.4. The first-order chi connectivity index (χ1) is 9.19. The van der Waals surface area contributed by atoms with Gasteiger partial charge in [-0.25, -0.2) is 4.98 Å². The maximum absolute atomic E-state index is 5.33. The Balaban J connectivity index is 2.43. The van der Waals surface area contributed by atoms with Gasteiger partial charge in [-0.15, -0.1) is 0 Å². The zero-order chi connectivity index (χ0) is 13.8. The Hall–Kier alpha value is -2.08. The number of aromatic nitrogens is 2. The Morgan fingerprint density at radius 3 is 2.63 bits per heavy atom. The van der Waals surface area contributed by atoms with Crippen LogP contribution >= 0.6 is 0 Å². The lowest BCUT2D eigenvalue weighted by molar-refractivity contribution is 0.353. The highest BCUT2D eigenvalue weighted by atomic mass is 16.5. The molecule has 0 saturated heterocycles. The Kier molecular flexibility index (Phi) is 4.01. The van der Waals surface area contributed by atoms with Gasteiger partial charge in [-0.3, -0.25) is 0 Å². The monoisotopic (exact) mass is 263 g/mol. The molecule has 0 amide bonds. The molecule has 102 valence electrons. The molecule has 0 aliphatic carbocycles. The first-order valence-corrected chi connectivity index (χ1v) is 5.86. The van der Waals surface area contributed by atoms with Gasteiger partial charge in [-0.2, -0.15) is 4.98 Å². The summed E-state index contributed by atoms with van der Waals surface area (Å²) in [5, 5.41) is 3.18. The second kappa shape index (κ2) is 5.71. The number of hydrogen-bond donors (Lipinski definition) is 1. The Bertz CT molecular complexity index is 554. The normalized spacial score (nSPS) is 12.2. The molecular formula is C13H17N3O3. The summed E-state index contributed by atoms with van der Waals surface area (Å²) in [5.41, 5.74) is 1.66. The topological polar surface area (TPSA) is 69.4 Å². The van der Waals surface area contributed by atoms with E-state index in [0.717, 1.165) is 11.3 Å². The fourth-order valence-electron chi connectivity index (χ4n) is 1.89. The standard InChI is InChI=1S/C13H17N3O3/c1-8-5-9(7-19-8)11(14-2)12-13(18-4)16-10(17-3)6-15-12/h5-7,11,14H,1-4H3. The Morgan fingerprint density at radius 2 is 2.11 bits per heavy atom. The van der Waals surface area contributed by atoms with E-state index in [9.17, 15) is 0 Å². The van der Waals surface area contributed by atoms with Crippen molar-refractivity contribution in [2.45, 2.75) is 13.0 Å². The van der Waals surface area contributed by atoms with Crippen LogP contribution in [0.3, 0.4) is 0 Å². The van der Waals surface area contributed by atoms with Gasteiger partial charge in [-0.1, -0.05) is 0 Å². The maximum Gasteiger partial charge on any atom is 0.240 e. The first kappa shape index (κ1) is 13.4. The molecule has 0 fully saturated rings. The van der Waals surface area contributed by atoms with E-state index in [-0.39, 0.29) is 6.04 Å². The molecule has 0 aliphatic heterocycles. The molecular weight excluding hydrogens is 246 g/mol. The van der Waals surface area contributed by atoms with Crippen LogP contribution < -0.4 is 14.8 Å². The van der Waals surface area contributed by atoms with Crippen molar-refractivity contribution in [3.05, 3.63) is 35.5 Å². The summed E-state index contributed by atoms with van der Waals surface area (Å²) >= 11 is 0. The van der Waals surface area contributed by atoms with Crippen molar-refractivity contribution in [3.8, 4) is 11.8 Å². The summed E-state index contributed by atoms with van der Waals surface area (Å²) in [7, 11) is 4.94. The summed E-state index contributed by atoms with van der Waals surface area (Å²) in [6.45, 7) is 1.90.